The standard InChI is InChI=1S/C19H15ClN4O/c1-11-3-4-13-10-15-17(23-24(2)18(15)21-16(13)9-11)22-19(25)12-5-7-14(20)8-6-12/h3-10H,1-2H3,(H,22,23,25). The molecule has 0 aliphatic rings. The first-order chi connectivity index (χ1) is 12.0. The van der Waals surface area contributed by atoms with E-state index in [4.69, 9.17) is 11.6 Å². The zero-order chi connectivity index (χ0) is 17.6. The van der Waals surface area contributed by atoms with Crippen LogP contribution in [0.25, 0.3) is 21.9 Å². The summed E-state index contributed by atoms with van der Waals surface area (Å²) < 4.78 is 1.68. The molecule has 0 atom stereocenters. The van der Waals surface area contributed by atoms with Gasteiger partial charge in [-0.25, -0.2) is 9.67 Å². The van der Waals surface area contributed by atoms with Crippen LogP contribution in [0.4, 0.5) is 5.82 Å². The third-order valence-corrected chi connectivity index (χ3v) is 4.35. The molecule has 0 unspecified atom stereocenters. The van der Waals surface area contributed by atoms with Crippen molar-refractivity contribution in [3.63, 3.8) is 0 Å². The molecule has 4 aromatic rings. The summed E-state index contributed by atoms with van der Waals surface area (Å²) in [5.74, 6) is 0.257. The monoisotopic (exact) mass is 350 g/mol. The van der Waals surface area contributed by atoms with Crippen molar-refractivity contribution in [1.29, 1.82) is 0 Å². The topological polar surface area (TPSA) is 59.8 Å². The molecule has 5 nitrogen and oxygen atoms in total. The van der Waals surface area contributed by atoms with Gasteiger partial charge in [-0.2, -0.15) is 5.10 Å². The van der Waals surface area contributed by atoms with Crippen molar-refractivity contribution in [1.82, 2.24) is 14.8 Å². The van der Waals surface area contributed by atoms with Crippen LogP contribution in [0.2, 0.25) is 5.02 Å². The van der Waals surface area contributed by atoms with E-state index >= 15 is 0 Å². The molecule has 2 aromatic heterocycles. The lowest BCUT2D eigenvalue weighted by molar-refractivity contribution is 0.102. The van der Waals surface area contributed by atoms with Crippen molar-refractivity contribution in [2.24, 2.45) is 7.05 Å². The molecule has 0 radical (unpaired) electrons. The van der Waals surface area contributed by atoms with Crippen molar-refractivity contribution in [3.8, 4) is 0 Å². The lowest BCUT2D eigenvalue weighted by Gasteiger charge is -2.03. The Morgan fingerprint density at radius 3 is 2.64 bits per heavy atom. The number of aryl methyl sites for hydroxylation is 2. The van der Waals surface area contributed by atoms with Crippen LogP contribution < -0.4 is 5.32 Å². The van der Waals surface area contributed by atoms with Crippen LogP contribution in [0.5, 0.6) is 0 Å². The van der Waals surface area contributed by atoms with Crippen molar-refractivity contribution < 1.29 is 4.79 Å². The summed E-state index contributed by atoms with van der Waals surface area (Å²) in [5, 5.41) is 9.68. The van der Waals surface area contributed by atoms with E-state index in [1.165, 1.54) is 0 Å². The van der Waals surface area contributed by atoms with Crippen LogP contribution in [-0.2, 0) is 7.05 Å². The number of benzene rings is 2. The highest BCUT2D eigenvalue weighted by molar-refractivity contribution is 6.30. The van der Waals surface area contributed by atoms with Gasteiger partial charge in [-0.15, -0.1) is 0 Å². The molecular weight excluding hydrogens is 336 g/mol. The molecular formula is C19H15ClN4O. The van der Waals surface area contributed by atoms with E-state index in [1.54, 1.807) is 28.9 Å². The summed E-state index contributed by atoms with van der Waals surface area (Å²) in [5.41, 5.74) is 3.31. The Hall–Kier alpha value is -2.92. The first-order valence-corrected chi connectivity index (χ1v) is 8.20. The molecule has 0 aliphatic heterocycles. The van der Waals surface area contributed by atoms with Gasteiger partial charge >= 0.3 is 0 Å². The number of halogens is 1. The maximum Gasteiger partial charge on any atom is 0.256 e. The number of rotatable bonds is 2. The zero-order valence-electron chi connectivity index (χ0n) is 13.7. The van der Waals surface area contributed by atoms with E-state index in [2.05, 4.69) is 15.4 Å². The smallest absolute Gasteiger partial charge is 0.256 e. The Morgan fingerprint density at radius 1 is 1.12 bits per heavy atom. The molecule has 0 saturated carbocycles. The van der Waals surface area contributed by atoms with Gasteiger partial charge in [-0.05, 0) is 48.9 Å². The zero-order valence-corrected chi connectivity index (χ0v) is 14.5. The summed E-state index contributed by atoms with van der Waals surface area (Å²) >= 11 is 5.87. The van der Waals surface area contributed by atoms with Gasteiger partial charge in [0.15, 0.2) is 11.5 Å². The molecule has 2 aromatic carbocycles. The summed E-state index contributed by atoms with van der Waals surface area (Å²) in [7, 11) is 1.81. The maximum absolute atomic E-state index is 12.5. The fraction of sp³-hybridized carbons (Fsp3) is 0.105. The molecule has 0 spiro atoms. The van der Waals surface area contributed by atoms with E-state index in [0.29, 0.717) is 16.4 Å². The van der Waals surface area contributed by atoms with Crippen LogP contribution in [-0.4, -0.2) is 20.7 Å². The Morgan fingerprint density at radius 2 is 1.88 bits per heavy atom. The summed E-state index contributed by atoms with van der Waals surface area (Å²) in [6, 6.07) is 14.8. The van der Waals surface area contributed by atoms with Gasteiger partial charge in [0.1, 0.15) is 0 Å². The lowest BCUT2D eigenvalue weighted by Crippen LogP contribution is -2.12. The van der Waals surface area contributed by atoms with Crippen LogP contribution in [0.3, 0.4) is 0 Å². The van der Waals surface area contributed by atoms with Gasteiger partial charge in [0.05, 0.1) is 10.9 Å². The third kappa shape index (κ3) is 2.83. The maximum atomic E-state index is 12.5. The number of pyridine rings is 1. The van der Waals surface area contributed by atoms with Gasteiger partial charge in [0.25, 0.3) is 5.91 Å². The Kier molecular flexibility index (Phi) is 3.66. The summed E-state index contributed by atoms with van der Waals surface area (Å²) in [4.78, 5) is 17.1. The first-order valence-electron chi connectivity index (χ1n) is 7.82. The number of nitrogens with zero attached hydrogens (tertiary/aromatic N) is 3. The molecule has 0 aliphatic carbocycles. The number of anilines is 1. The Bertz CT molecular complexity index is 1120. The molecule has 0 bridgehead atoms. The normalized spacial score (nSPS) is 11.2. The Labute approximate surface area is 149 Å². The number of carbonyl (C=O) groups is 1. The first kappa shape index (κ1) is 15.6. The van der Waals surface area contributed by atoms with Crippen LogP contribution in [0.1, 0.15) is 15.9 Å². The quantitative estimate of drug-likeness (QED) is 0.585. The van der Waals surface area contributed by atoms with Gasteiger partial charge < -0.3 is 5.32 Å². The third-order valence-electron chi connectivity index (χ3n) is 4.10. The highest BCUT2D eigenvalue weighted by atomic mass is 35.5. The molecule has 0 saturated heterocycles. The summed E-state index contributed by atoms with van der Waals surface area (Å²) in [6.45, 7) is 2.03. The second-order valence-corrected chi connectivity index (χ2v) is 6.43. The highest BCUT2D eigenvalue weighted by Gasteiger charge is 2.15. The fourth-order valence-corrected chi connectivity index (χ4v) is 2.94. The number of carbonyl (C=O) groups excluding carboxylic acids is 1. The SMILES string of the molecule is Cc1ccc2cc3c(NC(=O)c4ccc(Cl)cc4)nn(C)c3nc2c1. The van der Waals surface area contributed by atoms with E-state index in [0.717, 1.165) is 27.5 Å². The average molecular weight is 351 g/mol. The van der Waals surface area contributed by atoms with Gasteiger partial charge in [-0.1, -0.05) is 23.7 Å². The van der Waals surface area contributed by atoms with Crippen LogP contribution in [0, 0.1) is 6.92 Å². The molecule has 0 fully saturated rings. The van der Waals surface area contributed by atoms with Gasteiger partial charge in [0, 0.05) is 23.0 Å². The summed E-state index contributed by atoms with van der Waals surface area (Å²) in [6.07, 6.45) is 0. The average Bonchev–Trinajstić information content (AvgIpc) is 2.88. The van der Waals surface area contributed by atoms with Crippen molar-refractivity contribution in [2.75, 3.05) is 5.32 Å². The van der Waals surface area contributed by atoms with Crippen LogP contribution in [0.15, 0.2) is 48.5 Å². The van der Waals surface area contributed by atoms with Gasteiger partial charge in [-0.3, -0.25) is 4.79 Å². The van der Waals surface area contributed by atoms with E-state index in [-0.39, 0.29) is 5.91 Å². The number of nitrogens with one attached hydrogen (secondary N) is 1. The number of aromatic nitrogens is 3. The molecule has 124 valence electrons. The van der Waals surface area contributed by atoms with Crippen molar-refractivity contribution >= 4 is 45.3 Å². The predicted octanol–water partition coefficient (Wildman–Crippen LogP) is 4.34. The van der Waals surface area contributed by atoms with Crippen molar-refractivity contribution in [2.45, 2.75) is 6.92 Å². The molecule has 1 amide bonds. The van der Waals surface area contributed by atoms with E-state index in [9.17, 15) is 4.79 Å². The number of hydrogen-bond donors (Lipinski definition) is 1. The molecule has 2 heterocycles. The van der Waals surface area contributed by atoms with E-state index in [1.807, 2.05) is 38.2 Å². The molecule has 25 heavy (non-hydrogen) atoms. The van der Waals surface area contributed by atoms with Crippen molar-refractivity contribution in [3.05, 3.63) is 64.7 Å². The minimum Gasteiger partial charge on any atom is -0.305 e. The van der Waals surface area contributed by atoms with E-state index < -0.39 is 0 Å². The molecule has 6 heteroatoms. The number of amides is 1. The van der Waals surface area contributed by atoms with Crippen LogP contribution >= 0.6 is 11.6 Å². The number of hydrogen-bond acceptors (Lipinski definition) is 3. The molecule has 4 rings (SSSR count). The predicted molar refractivity (Wildman–Crippen MR) is 100 cm³/mol. The second kappa shape index (κ2) is 5.86. The minimum absolute atomic E-state index is 0.235. The largest absolute Gasteiger partial charge is 0.305 e. The molecule has 1 N–H and O–H groups in total. The minimum atomic E-state index is -0.235. The fourth-order valence-electron chi connectivity index (χ4n) is 2.81. The highest BCUT2D eigenvalue weighted by Crippen LogP contribution is 2.26. The number of fused-ring (bicyclic) bond motifs is 2. The lowest BCUT2D eigenvalue weighted by atomic mass is 10.1. The van der Waals surface area contributed by atoms with Gasteiger partial charge in [0.2, 0.25) is 0 Å². The Balaban J connectivity index is 1.78. The second-order valence-electron chi connectivity index (χ2n) is 5.99.